The van der Waals surface area contributed by atoms with Crippen LogP contribution in [0.3, 0.4) is 0 Å². The van der Waals surface area contributed by atoms with Gasteiger partial charge >= 0.3 is 0 Å². The van der Waals surface area contributed by atoms with E-state index in [1.807, 2.05) is 29.6 Å². The molecule has 3 heterocycles. The fraction of sp³-hybridized carbons (Fsp3) is 0.375. The van der Waals surface area contributed by atoms with Gasteiger partial charge < -0.3 is 14.8 Å². The number of nitrogens with zero attached hydrogens (tertiary/aromatic N) is 2. The first-order chi connectivity index (χ1) is 16.8. The molecule has 3 N–H and O–H groups in total. The highest BCUT2D eigenvalue weighted by Gasteiger charge is 2.22. The summed E-state index contributed by atoms with van der Waals surface area (Å²) in [6.45, 7) is 3.41. The van der Waals surface area contributed by atoms with E-state index in [1.165, 1.54) is 17.4 Å². The normalized spacial score (nSPS) is 16.6. The van der Waals surface area contributed by atoms with Crippen molar-refractivity contribution in [2.75, 3.05) is 38.2 Å². The predicted molar refractivity (Wildman–Crippen MR) is 134 cm³/mol. The maximum Gasteiger partial charge on any atom is 0.238 e. The minimum Gasteiger partial charge on any atom is -0.492 e. The number of nitrogens with one attached hydrogen (secondary N) is 1. The Morgan fingerprint density at radius 2 is 2.00 bits per heavy atom. The van der Waals surface area contributed by atoms with Gasteiger partial charge in [-0.15, -0.1) is 11.3 Å². The van der Waals surface area contributed by atoms with Crippen molar-refractivity contribution in [1.82, 2.24) is 9.88 Å². The molecule has 0 atom stereocenters. The van der Waals surface area contributed by atoms with E-state index in [4.69, 9.17) is 14.6 Å². The molecule has 0 bridgehead atoms. The number of fused-ring (bicyclic) bond motifs is 1. The van der Waals surface area contributed by atoms with Crippen LogP contribution in [-0.4, -0.2) is 57.3 Å². The second-order valence-electron chi connectivity index (χ2n) is 8.65. The number of hydrogen-bond donors (Lipinski definition) is 2. The Labute approximate surface area is 207 Å². The van der Waals surface area contributed by atoms with Gasteiger partial charge in [-0.2, -0.15) is 0 Å². The molecule has 0 aliphatic carbocycles. The molecule has 3 aromatic rings. The average Bonchev–Trinajstić information content (AvgIpc) is 3.50. The van der Waals surface area contributed by atoms with E-state index in [0.29, 0.717) is 49.0 Å². The van der Waals surface area contributed by atoms with Gasteiger partial charge in [0, 0.05) is 42.6 Å². The summed E-state index contributed by atoms with van der Waals surface area (Å²) in [5.74, 6) is 1.40. The van der Waals surface area contributed by atoms with Gasteiger partial charge in [-0.3, -0.25) is 4.90 Å². The average molecular weight is 519 g/mol. The number of alkyl halides is 1. The second kappa shape index (κ2) is 10.1. The van der Waals surface area contributed by atoms with Gasteiger partial charge in [0.05, 0.1) is 22.9 Å². The Balaban J connectivity index is 1.22. The van der Waals surface area contributed by atoms with E-state index < -0.39 is 16.2 Å². The van der Waals surface area contributed by atoms with Crippen molar-refractivity contribution in [2.45, 2.75) is 30.3 Å². The number of thiazole rings is 1. The molecule has 8 nitrogen and oxygen atoms in total. The first-order valence-corrected chi connectivity index (χ1v) is 13.9. The summed E-state index contributed by atoms with van der Waals surface area (Å²) in [7, 11) is -3.84. The zero-order valence-corrected chi connectivity index (χ0v) is 20.7. The molecule has 5 rings (SSSR count). The second-order valence-corrected chi connectivity index (χ2v) is 11.1. The van der Waals surface area contributed by atoms with Crippen molar-refractivity contribution in [3.05, 3.63) is 47.3 Å². The number of halogens is 1. The van der Waals surface area contributed by atoms with Gasteiger partial charge in [-0.25, -0.2) is 22.9 Å². The smallest absolute Gasteiger partial charge is 0.238 e. The standard InChI is InChI=1S/C24H27FN4O4S2/c25-18-5-8-29(9-6-18)10-12-32-19-3-1-16(2-4-19)22-15-34-24(28-22)27-21-14-20(35(26,30)31)13-17-7-11-33-23(17)21/h1-4,13-15,18H,5-12H2,(H,27,28)(H2,26,30,31). The van der Waals surface area contributed by atoms with Gasteiger partial charge in [-0.05, 0) is 49.2 Å². The van der Waals surface area contributed by atoms with Gasteiger partial charge in [-0.1, -0.05) is 0 Å². The lowest BCUT2D eigenvalue weighted by Gasteiger charge is -2.28. The Hall–Kier alpha value is -2.73. The number of sulfonamides is 1. The van der Waals surface area contributed by atoms with Crippen LogP contribution in [0.2, 0.25) is 0 Å². The lowest BCUT2D eigenvalue weighted by Crippen LogP contribution is -2.37. The van der Waals surface area contributed by atoms with E-state index in [2.05, 4.69) is 15.2 Å². The molecule has 1 aromatic heterocycles. The van der Waals surface area contributed by atoms with E-state index in [1.54, 1.807) is 6.07 Å². The Bertz CT molecular complexity index is 1290. The highest BCUT2D eigenvalue weighted by atomic mass is 32.2. The van der Waals surface area contributed by atoms with Crippen LogP contribution in [0.4, 0.5) is 15.2 Å². The molecular weight excluding hydrogens is 491 g/mol. The van der Waals surface area contributed by atoms with Crippen molar-refractivity contribution in [1.29, 1.82) is 0 Å². The molecule has 1 saturated heterocycles. The number of aromatic nitrogens is 1. The highest BCUT2D eigenvalue weighted by molar-refractivity contribution is 7.89. The fourth-order valence-electron chi connectivity index (χ4n) is 4.25. The summed E-state index contributed by atoms with van der Waals surface area (Å²) in [6, 6.07) is 10.8. The number of ether oxygens (including phenoxy) is 2. The molecule has 2 aromatic carbocycles. The third-order valence-electron chi connectivity index (χ3n) is 6.17. The van der Waals surface area contributed by atoms with Crippen LogP contribution < -0.4 is 19.9 Å². The molecule has 35 heavy (non-hydrogen) atoms. The third kappa shape index (κ3) is 5.75. The Morgan fingerprint density at radius 3 is 2.74 bits per heavy atom. The molecule has 186 valence electrons. The number of hydrogen-bond acceptors (Lipinski definition) is 8. The molecule has 0 spiro atoms. The number of primary sulfonamides is 1. The van der Waals surface area contributed by atoms with Gasteiger partial charge in [0.15, 0.2) is 5.13 Å². The van der Waals surface area contributed by atoms with E-state index in [-0.39, 0.29) is 4.90 Å². The monoisotopic (exact) mass is 518 g/mol. The maximum absolute atomic E-state index is 13.2. The minimum atomic E-state index is -3.84. The van der Waals surface area contributed by atoms with E-state index in [9.17, 15) is 12.8 Å². The molecular formula is C24H27FN4O4S2. The van der Waals surface area contributed by atoms with Crippen LogP contribution in [0.15, 0.2) is 46.7 Å². The number of anilines is 2. The number of likely N-dealkylation sites (tertiary alicyclic amines) is 1. The minimum absolute atomic E-state index is 0.0449. The lowest BCUT2D eigenvalue weighted by molar-refractivity contribution is 0.132. The fourth-order valence-corrected chi connectivity index (χ4v) is 5.58. The molecule has 0 radical (unpaired) electrons. The maximum atomic E-state index is 13.2. The number of piperidine rings is 1. The van der Waals surface area contributed by atoms with Crippen molar-refractivity contribution >= 4 is 32.2 Å². The quantitative estimate of drug-likeness (QED) is 0.465. The summed E-state index contributed by atoms with van der Waals surface area (Å²) >= 11 is 1.41. The third-order valence-corrected chi connectivity index (χ3v) is 7.83. The molecule has 0 unspecified atom stereocenters. The van der Waals surface area contributed by atoms with Crippen LogP contribution in [-0.2, 0) is 16.4 Å². The van der Waals surface area contributed by atoms with Gasteiger partial charge in [0.2, 0.25) is 10.0 Å². The van der Waals surface area contributed by atoms with Crippen LogP contribution in [0.5, 0.6) is 11.5 Å². The van der Waals surface area contributed by atoms with Crippen molar-refractivity contribution < 1.29 is 22.3 Å². The lowest BCUT2D eigenvalue weighted by atomic mass is 10.1. The first kappa shape index (κ1) is 24.0. The van der Waals surface area contributed by atoms with Crippen LogP contribution in [0, 0.1) is 0 Å². The van der Waals surface area contributed by atoms with Crippen LogP contribution in [0.25, 0.3) is 11.3 Å². The summed E-state index contributed by atoms with van der Waals surface area (Å²) in [6.07, 6.45) is 1.17. The molecule has 2 aliphatic rings. The van der Waals surface area contributed by atoms with Crippen molar-refractivity contribution in [2.24, 2.45) is 5.14 Å². The largest absolute Gasteiger partial charge is 0.492 e. The van der Waals surface area contributed by atoms with Crippen molar-refractivity contribution in [3.63, 3.8) is 0 Å². The molecule has 1 fully saturated rings. The van der Waals surface area contributed by atoms with Gasteiger partial charge in [0.25, 0.3) is 0 Å². The molecule has 11 heteroatoms. The first-order valence-electron chi connectivity index (χ1n) is 11.5. The molecule has 0 amide bonds. The summed E-state index contributed by atoms with van der Waals surface area (Å²) in [5.41, 5.74) is 3.06. The van der Waals surface area contributed by atoms with Gasteiger partial charge in [0.1, 0.15) is 24.3 Å². The Morgan fingerprint density at radius 1 is 1.23 bits per heavy atom. The van der Waals surface area contributed by atoms with Crippen LogP contribution >= 0.6 is 11.3 Å². The zero-order chi connectivity index (χ0) is 24.4. The SMILES string of the molecule is NS(=O)(=O)c1cc2c(c(Nc3nc(-c4ccc(OCCN5CCC(F)CC5)cc4)cs3)c1)OCC2. The number of rotatable bonds is 8. The number of benzene rings is 2. The number of nitrogens with two attached hydrogens (primary N) is 1. The topological polar surface area (TPSA) is 107 Å². The molecule has 2 aliphatic heterocycles. The summed E-state index contributed by atoms with van der Waals surface area (Å²) in [4.78, 5) is 6.92. The summed E-state index contributed by atoms with van der Waals surface area (Å²) < 4.78 is 48.6. The highest BCUT2D eigenvalue weighted by Crippen LogP contribution is 2.39. The van der Waals surface area contributed by atoms with E-state index in [0.717, 1.165) is 42.2 Å². The van der Waals surface area contributed by atoms with Crippen molar-refractivity contribution in [3.8, 4) is 22.8 Å². The predicted octanol–water partition coefficient (Wildman–Crippen LogP) is 3.95. The zero-order valence-electron chi connectivity index (χ0n) is 19.1. The Kier molecular flexibility index (Phi) is 6.92. The van der Waals surface area contributed by atoms with Crippen LogP contribution in [0.1, 0.15) is 18.4 Å². The molecule has 0 saturated carbocycles. The van der Waals surface area contributed by atoms with E-state index >= 15 is 0 Å². The summed E-state index contributed by atoms with van der Waals surface area (Å²) in [5, 5.41) is 11.1.